The van der Waals surface area contributed by atoms with Gasteiger partial charge in [-0.15, -0.1) is 5.53 Å². The lowest BCUT2D eigenvalue weighted by Gasteiger charge is -2.16. The first-order valence-electron chi connectivity index (χ1n) is 3.98. The molecule has 2 aliphatic heterocycles. The Balaban J connectivity index is 2.13. The van der Waals surface area contributed by atoms with E-state index in [1.165, 1.54) is 11.8 Å². The number of nitrogens with one attached hydrogen (secondary N) is 1. The molecule has 2 N–H and O–H groups in total. The lowest BCUT2D eigenvalue weighted by atomic mass is 10.3. The number of fused-ring (bicyclic) bond motifs is 3. The number of rotatable bonds is 0. The molecule has 0 radical (unpaired) electrons. The van der Waals surface area contributed by atoms with Crippen LogP contribution in [-0.4, -0.2) is 10.4 Å². The number of anilines is 1. The SMILES string of the molecule is ON1C=C2Sc3c(Cl)cccc3N2N1. The quantitative estimate of drug-likeness (QED) is 0.711. The van der Waals surface area contributed by atoms with E-state index < -0.39 is 0 Å². The molecule has 0 bridgehead atoms. The minimum atomic E-state index is 0.731. The number of hydrogen-bond acceptors (Lipinski definition) is 5. The number of hydrazine groups is 2. The highest BCUT2D eigenvalue weighted by molar-refractivity contribution is 8.03. The number of hydroxylamine groups is 1. The second kappa shape index (κ2) is 2.80. The summed E-state index contributed by atoms with van der Waals surface area (Å²) in [5.41, 5.74) is 3.71. The highest BCUT2D eigenvalue weighted by Gasteiger charge is 2.32. The maximum absolute atomic E-state index is 9.19. The number of benzene rings is 1. The van der Waals surface area contributed by atoms with Crippen LogP contribution in [0.3, 0.4) is 0 Å². The van der Waals surface area contributed by atoms with E-state index in [1.54, 1.807) is 11.2 Å². The van der Waals surface area contributed by atoms with Crippen LogP contribution in [-0.2, 0) is 0 Å². The summed E-state index contributed by atoms with van der Waals surface area (Å²) in [6.45, 7) is 0. The molecule has 0 aliphatic carbocycles. The molecule has 6 heteroatoms. The second-order valence-electron chi connectivity index (χ2n) is 2.94. The highest BCUT2D eigenvalue weighted by Crippen LogP contribution is 2.49. The molecular weight excluding hydrogens is 222 g/mol. The molecule has 0 atom stereocenters. The number of halogens is 1. The molecule has 0 saturated carbocycles. The van der Waals surface area contributed by atoms with Crippen molar-refractivity contribution in [3.63, 3.8) is 0 Å². The molecule has 1 aromatic carbocycles. The maximum Gasteiger partial charge on any atom is 0.118 e. The van der Waals surface area contributed by atoms with E-state index in [-0.39, 0.29) is 0 Å². The fraction of sp³-hybridized carbons (Fsp3) is 0. The van der Waals surface area contributed by atoms with E-state index >= 15 is 0 Å². The fourth-order valence-corrected chi connectivity index (χ4v) is 2.77. The molecule has 4 nitrogen and oxygen atoms in total. The molecule has 0 spiro atoms. The maximum atomic E-state index is 9.19. The van der Waals surface area contributed by atoms with Gasteiger partial charge in [-0.3, -0.25) is 5.21 Å². The van der Waals surface area contributed by atoms with Crippen molar-refractivity contribution in [3.05, 3.63) is 34.5 Å². The van der Waals surface area contributed by atoms with Crippen molar-refractivity contribution < 1.29 is 5.21 Å². The molecule has 1 aromatic rings. The van der Waals surface area contributed by atoms with Gasteiger partial charge in [0.25, 0.3) is 0 Å². The zero-order valence-electron chi connectivity index (χ0n) is 6.94. The first kappa shape index (κ1) is 8.43. The minimum Gasteiger partial charge on any atom is -0.272 e. The lowest BCUT2D eigenvalue weighted by Crippen LogP contribution is -2.37. The molecular formula is C8H6ClN3OS. The number of nitrogens with zero attached hydrogens (tertiary/aromatic N) is 2. The van der Waals surface area contributed by atoms with Gasteiger partial charge in [-0.05, 0) is 12.1 Å². The standard InChI is InChI=1S/C8H6ClN3OS/c9-5-2-1-3-6-8(5)14-7-4-11(13)10-12(6)7/h1-4,10,13H. The number of thioether (sulfide) groups is 1. The first-order valence-corrected chi connectivity index (χ1v) is 5.18. The van der Waals surface area contributed by atoms with Gasteiger partial charge in [0.05, 0.1) is 21.8 Å². The zero-order chi connectivity index (χ0) is 9.71. The molecule has 72 valence electrons. The van der Waals surface area contributed by atoms with Crippen LogP contribution in [0.5, 0.6) is 0 Å². The molecule has 3 rings (SSSR count). The van der Waals surface area contributed by atoms with Gasteiger partial charge >= 0.3 is 0 Å². The van der Waals surface area contributed by atoms with Crippen LogP contribution in [0, 0.1) is 0 Å². The molecule has 14 heavy (non-hydrogen) atoms. The van der Waals surface area contributed by atoms with Crippen molar-refractivity contribution in [2.75, 3.05) is 5.01 Å². The summed E-state index contributed by atoms with van der Waals surface area (Å²) in [4.78, 5) is 1.01. The molecule has 2 aliphatic rings. The summed E-state index contributed by atoms with van der Waals surface area (Å²) in [7, 11) is 0. The molecule has 0 aromatic heterocycles. The molecule has 0 fully saturated rings. The third-order valence-corrected chi connectivity index (χ3v) is 3.61. The van der Waals surface area contributed by atoms with E-state index in [1.807, 2.05) is 18.2 Å². The van der Waals surface area contributed by atoms with E-state index in [9.17, 15) is 5.21 Å². The van der Waals surface area contributed by atoms with Crippen molar-refractivity contribution in [3.8, 4) is 0 Å². The summed E-state index contributed by atoms with van der Waals surface area (Å²) in [5, 5.41) is 13.5. The molecule has 2 heterocycles. The Kier molecular flexibility index (Phi) is 1.69. The van der Waals surface area contributed by atoms with Crippen molar-refractivity contribution in [2.45, 2.75) is 4.90 Å². The average molecular weight is 228 g/mol. The Morgan fingerprint density at radius 1 is 1.43 bits per heavy atom. The third-order valence-electron chi connectivity index (χ3n) is 2.05. The van der Waals surface area contributed by atoms with Crippen LogP contribution in [0.1, 0.15) is 0 Å². The molecule has 0 unspecified atom stereocenters. The van der Waals surface area contributed by atoms with E-state index in [0.29, 0.717) is 0 Å². The minimum absolute atomic E-state index is 0.731. The predicted molar refractivity (Wildman–Crippen MR) is 54.6 cm³/mol. The largest absolute Gasteiger partial charge is 0.272 e. The Hall–Kier alpha value is -0.880. The van der Waals surface area contributed by atoms with Gasteiger partial charge in [0.2, 0.25) is 0 Å². The normalized spacial score (nSPS) is 18.3. The van der Waals surface area contributed by atoms with E-state index in [0.717, 1.165) is 25.8 Å². The van der Waals surface area contributed by atoms with Crippen LogP contribution >= 0.6 is 23.4 Å². The first-order chi connectivity index (χ1) is 6.75. The van der Waals surface area contributed by atoms with Gasteiger partial charge in [0, 0.05) is 0 Å². The van der Waals surface area contributed by atoms with Crippen molar-refractivity contribution in [1.29, 1.82) is 0 Å². The van der Waals surface area contributed by atoms with Gasteiger partial charge in [0.15, 0.2) is 0 Å². The summed E-state index contributed by atoms with van der Waals surface area (Å²) in [5.74, 6) is 0. The van der Waals surface area contributed by atoms with Crippen molar-refractivity contribution in [2.24, 2.45) is 0 Å². The third kappa shape index (κ3) is 1.04. The van der Waals surface area contributed by atoms with Gasteiger partial charge in [-0.2, -0.15) is 5.17 Å². The van der Waals surface area contributed by atoms with Crippen LogP contribution in [0.15, 0.2) is 34.3 Å². The Morgan fingerprint density at radius 2 is 2.29 bits per heavy atom. The topological polar surface area (TPSA) is 38.7 Å². The van der Waals surface area contributed by atoms with Crippen molar-refractivity contribution >= 4 is 29.1 Å². The average Bonchev–Trinajstić information content (AvgIpc) is 2.63. The molecule has 0 amide bonds. The summed E-state index contributed by atoms with van der Waals surface area (Å²) >= 11 is 7.57. The van der Waals surface area contributed by atoms with Gasteiger partial charge < -0.3 is 0 Å². The summed E-state index contributed by atoms with van der Waals surface area (Å²) in [6.07, 6.45) is 1.60. The van der Waals surface area contributed by atoms with Gasteiger partial charge in [-0.25, -0.2) is 5.01 Å². The van der Waals surface area contributed by atoms with E-state index in [4.69, 9.17) is 11.6 Å². The monoisotopic (exact) mass is 227 g/mol. The Labute approximate surface area is 89.6 Å². The fourth-order valence-electron chi connectivity index (χ4n) is 1.47. The van der Waals surface area contributed by atoms with Crippen LogP contribution in [0.25, 0.3) is 0 Å². The Bertz CT molecular complexity index is 437. The summed E-state index contributed by atoms with van der Waals surface area (Å²) in [6, 6.07) is 5.68. The Morgan fingerprint density at radius 3 is 3.14 bits per heavy atom. The predicted octanol–water partition coefficient (Wildman–Crippen LogP) is 2.18. The van der Waals surface area contributed by atoms with Gasteiger partial charge in [-0.1, -0.05) is 29.4 Å². The zero-order valence-corrected chi connectivity index (χ0v) is 8.51. The van der Waals surface area contributed by atoms with Crippen LogP contribution < -0.4 is 10.5 Å². The lowest BCUT2D eigenvalue weighted by molar-refractivity contribution is -0.0792. The van der Waals surface area contributed by atoms with Crippen molar-refractivity contribution in [1.82, 2.24) is 10.7 Å². The summed E-state index contributed by atoms with van der Waals surface area (Å²) < 4.78 is 0. The van der Waals surface area contributed by atoms with Crippen LogP contribution in [0.4, 0.5) is 5.69 Å². The molecule has 0 saturated heterocycles. The van der Waals surface area contributed by atoms with Gasteiger partial charge in [0.1, 0.15) is 5.03 Å². The number of hydrogen-bond donors (Lipinski definition) is 2. The second-order valence-corrected chi connectivity index (χ2v) is 4.38. The van der Waals surface area contributed by atoms with E-state index in [2.05, 4.69) is 5.53 Å². The highest BCUT2D eigenvalue weighted by atomic mass is 35.5. The van der Waals surface area contributed by atoms with Crippen LogP contribution in [0.2, 0.25) is 5.02 Å². The smallest absolute Gasteiger partial charge is 0.118 e.